The lowest BCUT2D eigenvalue weighted by molar-refractivity contribution is -0.384. The van der Waals surface area contributed by atoms with Gasteiger partial charge in [0, 0.05) is 231 Å². The molecule has 0 saturated heterocycles. The van der Waals surface area contributed by atoms with Crippen LogP contribution in [-0.2, 0) is 22.4 Å². The maximum absolute atomic E-state index is 11.4. The summed E-state index contributed by atoms with van der Waals surface area (Å²) in [4.78, 5) is 141. The number of aldehydes is 8. The zero-order valence-corrected chi connectivity index (χ0v) is 84.5. The largest absolute Gasteiger partial charge is 0.495 e. The minimum absolute atomic E-state index is 0.0581. The van der Waals surface area contributed by atoms with E-state index in [9.17, 15) is 67.6 Å². The second-order valence-electron chi connectivity index (χ2n) is 33.3. The maximum atomic E-state index is 11.4. The number of aromatic carboxylic acids is 1. The number of rotatable bonds is 19. The summed E-state index contributed by atoms with van der Waals surface area (Å²) in [5.74, 6) is -1.65. The zero-order valence-electron chi connectivity index (χ0n) is 76.4. The number of hydrogen-bond acceptors (Lipinski definition) is 23. The molecule has 8 heterocycles. The minimum Gasteiger partial charge on any atom is -0.495 e. The minimum atomic E-state index is -0.928. The first-order chi connectivity index (χ1) is 69.8. The molecule has 19 nitrogen and oxygen atoms in total. The number of ketones is 1. The molecule has 0 aliphatic heterocycles. The van der Waals surface area contributed by atoms with Crippen LogP contribution in [0.4, 0.5) is 5.69 Å². The SMILES string of the molecule is CC(=O)c1ccc2sc3ccc(C=O)cc3c2c1.COc1cc(C=O)cc2c1sc1ccccc12.Cc1ccc2sc3ccc(C=O)cc3c2c1.O=Cc1ccc2sc3c(C(=O)O)cccc3c2c1.O=Cc1ccc2sc3ccc(Br)cc3c2c1.O=Cc1ccc2sc3ccc(CCC(=O)O)cc3c2c1.O=Cc1ccc2sc3ccc(CCCC(=O)O)cc3c2c1.O=Cc1ccc2sc3ccc([N+](=O)[O-])cc3c2c1. The first kappa shape index (κ1) is 99.9. The molecule has 710 valence electrons. The highest BCUT2D eigenvalue weighted by molar-refractivity contribution is 9.10. The van der Waals surface area contributed by atoms with Gasteiger partial charge in [0.1, 0.15) is 56.0 Å². The molecule has 0 bridgehead atoms. The summed E-state index contributed by atoms with van der Waals surface area (Å²) < 4.78 is 24.4. The van der Waals surface area contributed by atoms with Crippen LogP contribution >= 0.6 is 107 Å². The molecule has 0 aliphatic carbocycles. The molecule has 0 spiro atoms. The summed E-state index contributed by atoms with van der Waals surface area (Å²) in [6.45, 7) is 3.65. The van der Waals surface area contributed by atoms with Gasteiger partial charge in [0.15, 0.2) is 5.78 Å². The van der Waals surface area contributed by atoms with Gasteiger partial charge in [0.25, 0.3) is 5.69 Å². The van der Waals surface area contributed by atoms with Gasteiger partial charge in [-0.05, 0) is 232 Å². The molecule has 24 aromatic rings. The average molecular weight is 2110 g/mol. The number of hydrogen-bond donors (Lipinski definition) is 3. The third-order valence-electron chi connectivity index (χ3n) is 23.8. The molecule has 16 aromatic carbocycles. The van der Waals surface area contributed by atoms with E-state index in [-0.39, 0.29) is 24.3 Å². The van der Waals surface area contributed by atoms with Gasteiger partial charge in [0.2, 0.25) is 0 Å². The number of nitrogens with zero attached hydrogens (tertiary/aromatic N) is 1. The quantitative estimate of drug-likeness (QED) is 0.0293. The summed E-state index contributed by atoms with van der Waals surface area (Å²) in [7, 11) is 1.63. The Kier molecular flexibility index (Phi) is 31.0. The van der Waals surface area contributed by atoms with Crippen LogP contribution in [0.25, 0.3) is 161 Å². The predicted octanol–water partition coefficient (Wildman–Crippen LogP) is 32.2. The fourth-order valence-electron chi connectivity index (χ4n) is 16.8. The van der Waals surface area contributed by atoms with Crippen molar-refractivity contribution in [1.29, 1.82) is 0 Å². The number of nitro benzene ring substituents is 1. The van der Waals surface area contributed by atoms with E-state index >= 15 is 0 Å². The van der Waals surface area contributed by atoms with Gasteiger partial charge in [-0.15, -0.1) is 90.7 Å². The van der Waals surface area contributed by atoms with Crippen molar-refractivity contribution < 1.29 is 82.5 Å². The molecular weight excluding hydrogens is 2030 g/mol. The van der Waals surface area contributed by atoms with Crippen LogP contribution in [0.3, 0.4) is 0 Å². The smallest absolute Gasteiger partial charge is 0.337 e. The lowest BCUT2D eigenvalue weighted by Gasteiger charge is -2.02. The van der Waals surface area contributed by atoms with Gasteiger partial charge < -0.3 is 20.1 Å². The normalized spacial score (nSPS) is 11.0. The highest BCUT2D eigenvalue weighted by Gasteiger charge is 2.19. The van der Waals surface area contributed by atoms with Crippen molar-refractivity contribution in [2.75, 3.05) is 7.11 Å². The van der Waals surface area contributed by atoms with E-state index in [1.54, 1.807) is 148 Å². The van der Waals surface area contributed by atoms with E-state index in [1.165, 1.54) is 77.4 Å². The van der Waals surface area contributed by atoms with Crippen molar-refractivity contribution >= 4 is 348 Å². The van der Waals surface area contributed by atoms with Crippen molar-refractivity contribution in [2.45, 2.75) is 46.0 Å². The number of benzene rings is 16. The van der Waals surface area contributed by atoms with Crippen LogP contribution < -0.4 is 4.74 Å². The number of aliphatic carboxylic acids is 2. The lowest BCUT2D eigenvalue weighted by Crippen LogP contribution is -1.96. The first-order valence-electron chi connectivity index (χ1n) is 44.6. The summed E-state index contributed by atoms with van der Waals surface area (Å²) in [6, 6.07) is 92.1. The Bertz CT molecular complexity index is 9020. The van der Waals surface area contributed by atoms with Gasteiger partial charge in [-0.3, -0.25) is 62.9 Å². The number of carboxylic acids is 3. The number of nitro groups is 1. The molecule has 0 fully saturated rings. The van der Waals surface area contributed by atoms with E-state index in [0.717, 1.165) is 196 Å². The summed E-state index contributed by atoms with van der Waals surface area (Å²) in [5, 5.41) is 54.5. The Morgan fingerprint density at radius 1 is 0.319 bits per heavy atom. The van der Waals surface area contributed by atoms with Crippen molar-refractivity contribution in [3.05, 3.63) is 378 Å². The van der Waals surface area contributed by atoms with E-state index < -0.39 is 22.8 Å². The molecule has 0 unspecified atom stereocenters. The van der Waals surface area contributed by atoms with Crippen LogP contribution in [0, 0.1) is 17.0 Å². The van der Waals surface area contributed by atoms with Crippen LogP contribution in [0.5, 0.6) is 5.75 Å². The standard InChI is InChI=1S/C17H14O3S.C16H12O3S.C15H10O2S.C14H8O3S.C14H10O2S.C14H10OS.C13H7BrOS.C13H7NO3S/c18-10-12-5-7-16-14(9-12)13-8-11(2-1-3-17(19)20)4-6-15(13)21-16;17-9-11-2-5-15-13(8-11)12-7-10(3-6-16(18)19)1-4-14(12)20-15;1-9(17)11-3-5-15-13(7-11)12-6-10(8-16)2-4-14(12)18-15;15-7-8-4-5-12-11(6-8)9-2-1-3-10(14(16)17)13(9)18-12;1-16-12-7-9(8-15)6-11-10-4-2-3-5-13(10)17-14(11)12;1-9-2-4-13-11(6-9)12-7-10(8-15)3-5-14(12)16-13;14-9-2-4-13-11(6-9)10-5-8(7-15)1-3-12(10)16-13;15-7-8-1-3-12-10(5-8)11-6-9(14(16)17)2-4-13(11)18-12/h4-10H,1-3H2,(H,19,20);1-2,4-5,7-9H,3,6H2,(H,18,19);2-8H,1H3;1-7H,(H,16,17);2-8H,1H3;2-8H,1H3;1-7H;1-7H. The Balaban J connectivity index is 0.000000113. The van der Waals surface area contributed by atoms with Crippen molar-refractivity contribution in [3.8, 4) is 5.75 Å². The Hall–Kier alpha value is -15.6. The van der Waals surface area contributed by atoms with Gasteiger partial charge >= 0.3 is 17.9 Å². The molecule has 0 saturated carbocycles. The number of ether oxygens (including phenoxy) is 1. The number of non-ortho nitro benzene ring substituents is 1. The molecule has 0 radical (unpaired) electrons. The number of halogens is 1. The second-order valence-corrected chi connectivity index (χ2v) is 42.8. The van der Waals surface area contributed by atoms with E-state index in [4.69, 9.17) is 20.1 Å². The van der Waals surface area contributed by atoms with Crippen LogP contribution in [0.2, 0.25) is 0 Å². The molecule has 144 heavy (non-hydrogen) atoms. The Morgan fingerprint density at radius 3 is 1.07 bits per heavy atom. The van der Waals surface area contributed by atoms with Gasteiger partial charge in [-0.25, -0.2) is 4.79 Å². The molecular formula is C116H78BrNO18S8. The predicted molar refractivity (Wildman–Crippen MR) is 597 cm³/mol. The molecule has 0 aliphatic rings. The molecule has 8 aromatic heterocycles. The molecule has 28 heteroatoms. The van der Waals surface area contributed by atoms with Crippen LogP contribution in [0.1, 0.15) is 146 Å². The molecule has 0 atom stereocenters. The summed E-state index contributed by atoms with van der Waals surface area (Å²) in [6.07, 6.45) is 9.02. The number of methoxy groups -OCH3 is 1. The molecule has 24 rings (SSSR count). The lowest BCUT2D eigenvalue weighted by atomic mass is 10.0. The third kappa shape index (κ3) is 22.2. The maximum Gasteiger partial charge on any atom is 0.337 e. The summed E-state index contributed by atoms with van der Waals surface area (Å²) in [5.41, 5.74) is 9.79. The van der Waals surface area contributed by atoms with Gasteiger partial charge in [-0.2, -0.15) is 0 Å². The number of carboxylic acid groups (broad SMARTS) is 3. The second kappa shape index (κ2) is 44.7. The third-order valence-corrected chi connectivity index (χ3v) is 33.6. The average Bonchev–Trinajstić information content (AvgIpc) is 1.62. The van der Waals surface area contributed by atoms with Crippen molar-refractivity contribution in [3.63, 3.8) is 0 Å². The number of aryl methyl sites for hydroxylation is 3. The van der Waals surface area contributed by atoms with Crippen molar-refractivity contribution in [2.24, 2.45) is 0 Å². The molecule has 0 amide bonds. The molecule has 3 N–H and O–H groups in total. The highest BCUT2D eigenvalue weighted by Crippen LogP contribution is 2.45. The Labute approximate surface area is 859 Å². The summed E-state index contributed by atoms with van der Waals surface area (Å²) >= 11 is 16.8. The highest BCUT2D eigenvalue weighted by atomic mass is 79.9. The van der Waals surface area contributed by atoms with E-state index in [0.29, 0.717) is 57.3 Å². The zero-order chi connectivity index (χ0) is 101. The van der Waals surface area contributed by atoms with Gasteiger partial charge in [0.05, 0.1) is 27.0 Å². The fourth-order valence-corrected chi connectivity index (χ4v) is 25.9. The number of carbonyl (C=O) groups excluding carboxylic acids is 9. The number of Topliss-reactive ketones (excluding diaryl/α,β-unsaturated/α-hetero) is 1. The van der Waals surface area contributed by atoms with Crippen LogP contribution in [0.15, 0.2) is 296 Å². The number of thiophene rings is 8. The van der Waals surface area contributed by atoms with Crippen LogP contribution in [-0.4, -0.2) is 101 Å². The number of carbonyl (C=O) groups is 12. The number of fused-ring (bicyclic) bond motifs is 24. The van der Waals surface area contributed by atoms with Gasteiger partial charge in [-0.1, -0.05) is 112 Å². The topological polar surface area (TPSA) is 318 Å². The van der Waals surface area contributed by atoms with Crippen molar-refractivity contribution in [1.82, 2.24) is 0 Å². The first-order valence-corrected chi connectivity index (χ1v) is 51.9. The van der Waals surface area contributed by atoms with E-state index in [1.807, 2.05) is 170 Å². The van der Waals surface area contributed by atoms with E-state index in [2.05, 4.69) is 83.5 Å². The Morgan fingerprint density at radius 2 is 0.653 bits per heavy atom. The fraction of sp³-hybridized carbons (Fsp3) is 0.0690. The monoisotopic (exact) mass is 2110 g/mol.